The maximum Gasteiger partial charge on any atom is 0.260 e. The first-order chi connectivity index (χ1) is 12.0. The Hall–Kier alpha value is -1.64. The lowest BCUT2D eigenvalue weighted by Gasteiger charge is -2.43. The second kappa shape index (κ2) is 7.72. The highest BCUT2D eigenvalue weighted by Crippen LogP contribution is 2.27. The zero-order valence-corrected chi connectivity index (χ0v) is 15.2. The summed E-state index contributed by atoms with van der Waals surface area (Å²) in [6.45, 7) is 2.31. The summed E-state index contributed by atoms with van der Waals surface area (Å²) in [5.41, 5.74) is 0. The van der Waals surface area contributed by atoms with Gasteiger partial charge in [0.15, 0.2) is 16.4 Å². The van der Waals surface area contributed by atoms with Crippen LogP contribution in [0, 0.1) is 0 Å². The van der Waals surface area contributed by atoms with Gasteiger partial charge in [0.1, 0.15) is 5.75 Å². The largest absolute Gasteiger partial charge is 0.484 e. The fourth-order valence-electron chi connectivity index (χ4n) is 3.57. The second-order valence-corrected chi connectivity index (χ2v) is 8.58. The van der Waals surface area contributed by atoms with Gasteiger partial charge in [-0.15, -0.1) is 0 Å². The van der Waals surface area contributed by atoms with Crippen LogP contribution >= 0.6 is 0 Å². The maximum absolute atomic E-state index is 12.6. The number of amides is 1. The first-order valence-electron chi connectivity index (χ1n) is 8.41. The minimum absolute atomic E-state index is 0.0260. The molecule has 2 saturated heterocycles. The average Bonchev–Trinajstić information content (AvgIpc) is 2.93. The minimum Gasteiger partial charge on any atom is -0.484 e. The molecule has 8 heteroatoms. The lowest BCUT2D eigenvalue weighted by atomic mass is 10.0. The smallest absolute Gasteiger partial charge is 0.260 e. The summed E-state index contributed by atoms with van der Waals surface area (Å²) in [6.07, 6.45) is 0. The normalized spacial score (nSPS) is 25.6. The third-order valence-corrected chi connectivity index (χ3v) is 6.50. The zero-order valence-electron chi connectivity index (χ0n) is 14.3. The number of piperazine rings is 1. The van der Waals surface area contributed by atoms with Crippen molar-refractivity contribution in [3.05, 3.63) is 30.3 Å². The van der Waals surface area contributed by atoms with Gasteiger partial charge in [0.25, 0.3) is 5.91 Å². The predicted molar refractivity (Wildman–Crippen MR) is 93.3 cm³/mol. The number of rotatable bonds is 6. The van der Waals surface area contributed by atoms with Gasteiger partial charge in [0.05, 0.1) is 24.2 Å². The van der Waals surface area contributed by atoms with E-state index in [-0.39, 0.29) is 36.1 Å². The Bertz CT molecular complexity index is 694. The van der Waals surface area contributed by atoms with E-state index >= 15 is 0 Å². The van der Waals surface area contributed by atoms with E-state index in [2.05, 4.69) is 4.90 Å². The molecule has 2 fully saturated rings. The molecule has 25 heavy (non-hydrogen) atoms. The van der Waals surface area contributed by atoms with Gasteiger partial charge in [0.2, 0.25) is 0 Å². The van der Waals surface area contributed by atoms with Crippen molar-refractivity contribution in [1.29, 1.82) is 0 Å². The highest BCUT2D eigenvalue weighted by molar-refractivity contribution is 7.91. The Balaban J connectivity index is 1.66. The number of fused-ring (bicyclic) bond motifs is 1. The molecule has 2 aliphatic rings. The van der Waals surface area contributed by atoms with Crippen LogP contribution in [0.15, 0.2) is 30.3 Å². The van der Waals surface area contributed by atoms with Crippen LogP contribution in [0.5, 0.6) is 5.75 Å². The van der Waals surface area contributed by atoms with E-state index in [1.165, 1.54) is 0 Å². The Morgan fingerprint density at radius 3 is 2.60 bits per heavy atom. The van der Waals surface area contributed by atoms with E-state index < -0.39 is 9.84 Å². The molecular weight excluding hydrogens is 344 g/mol. The molecule has 2 heterocycles. The molecule has 0 spiro atoms. The van der Waals surface area contributed by atoms with E-state index in [4.69, 9.17) is 9.47 Å². The standard InChI is InChI=1S/C17H24N2O5S/c1-23-10-9-18-7-8-19(16-13-25(21,22)12-15(16)18)17(20)11-24-14-5-3-2-4-6-14/h2-6,15-16H,7-13H2,1H3/t15-,16+/m0/s1. The summed E-state index contributed by atoms with van der Waals surface area (Å²) >= 11 is 0. The fraction of sp³-hybridized carbons (Fsp3) is 0.588. The number of hydrogen-bond acceptors (Lipinski definition) is 6. The third kappa shape index (κ3) is 4.31. The molecule has 2 aliphatic heterocycles. The van der Waals surface area contributed by atoms with Crippen LogP contribution in [0.25, 0.3) is 0 Å². The lowest BCUT2D eigenvalue weighted by molar-refractivity contribution is -0.139. The van der Waals surface area contributed by atoms with Gasteiger partial charge in [-0.3, -0.25) is 9.69 Å². The highest BCUT2D eigenvalue weighted by atomic mass is 32.2. The summed E-state index contributed by atoms with van der Waals surface area (Å²) in [6, 6.07) is 8.68. The van der Waals surface area contributed by atoms with E-state index in [0.29, 0.717) is 32.0 Å². The second-order valence-electron chi connectivity index (χ2n) is 6.43. The molecule has 0 radical (unpaired) electrons. The SMILES string of the molecule is COCCN1CCN(C(=O)COc2ccccc2)[C@@H]2CS(=O)(=O)C[C@@H]21. The number of carbonyl (C=O) groups is 1. The van der Waals surface area contributed by atoms with Crippen molar-refractivity contribution in [2.75, 3.05) is 51.5 Å². The number of sulfone groups is 1. The van der Waals surface area contributed by atoms with Gasteiger partial charge in [-0.1, -0.05) is 18.2 Å². The third-order valence-electron chi connectivity index (χ3n) is 4.80. The number of ether oxygens (including phenoxy) is 2. The van der Waals surface area contributed by atoms with Gasteiger partial charge in [-0.25, -0.2) is 8.42 Å². The van der Waals surface area contributed by atoms with Crippen molar-refractivity contribution in [2.24, 2.45) is 0 Å². The molecule has 0 unspecified atom stereocenters. The quantitative estimate of drug-likeness (QED) is 0.705. The molecule has 0 saturated carbocycles. The number of hydrogen-bond donors (Lipinski definition) is 0. The molecule has 1 amide bonds. The zero-order chi connectivity index (χ0) is 17.9. The van der Waals surface area contributed by atoms with Crippen molar-refractivity contribution >= 4 is 15.7 Å². The Morgan fingerprint density at radius 2 is 1.88 bits per heavy atom. The van der Waals surface area contributed by atoms with Crippen LogP contribution in [-0.2, 0) is 19.4 Å². The van der Waals surface area contributed by atoms with Gasteiger partial charge in [0, 0.05) is 32.8 Å². The van der Waals surface area contributed by atoms with Crippen molar-refractivity contribution in [3.63, 3.8) is 0 Å². The number of benzene rings is 1. The monoisotopic (exact) mass is 368 g/mol. The van der Waals surface area contributed by atoms with E-state index in [9.17, 15) is 13.2 Å². The van der Waals surface area contributed by atoms with Crippen LogP contribution in [0.3, 0.4) is 0 Å². The van der Waals surface area contributed by atoms with Crippen molar-refractivity contribution in [1.82, 2.24) is 9.80 Å². The number of nitrogens with zero attached hydrogens (tertiary/aromatic N) is 2. The summed E-state index contributed by atoms with van der Waals surface area (Å²) in [7, 11) is -1.51. The molecule has 2 atom stereocenters. The molecule has 0 N–H and O–H groups in total. The number of para-hydroxylation sites is 1. The van der Waals surface area contributed by atoms with Crippen LogP contribution in [0.4, 0.5) is 0 Å². The van der Waals surface area contributed by atoms with Crippen LogP contribution < -0.4 is 4.74 Å². The number of carbonyl (C=O) groups excluding carboxylic acids is 1. The lowest BCUT2D eigenvalue weighted by Crippen LogP contribution is -2.61. The van der Waals surface area contributed by atoms with E-state index in [1.54, 1.807) is 24.1 Å². The molecule has 138 valence electrons. The summed E-state index contributed by atoms with van der Waals surface area (Å²) in [4.78, 5) is 16.4. The molecule has 0 aromatic heterocycles. The fourth-order valence-corrected chi connectivity index (χ4v) is 5.58. The summed E-state index contributed by atoms with van der Waals surface area (Å²) in [5.74, 6) is 0.593. The van der Waals surface area contributed by atoms with E-state index in [1.807, 2.05) is 18.2 Å². The number of methoxy groups -OCH3 is 1. The van der Waals surface area contributed by atoms with Crippen molar-refractivity contribution in [3.8, 4) is 5.75 Å². The highest BCUT2D eigenvalue weighted by Gasteiger charge is 2.47. The Kier molecular flexibility index (Phi) is 5.61. The Morgan fingerprint density at radius 1 is 1.16 bits per heavy atom. The van der Waals surface area contributed by atoms with Crippen molar-refractivity contribution < 1.29 is 22.7 Å². The van der Waals surface area contributed by atoms with Gasteiger partial charge in [-0.05, 0) is 12.1 Å². The topological polar surface area (TPSA) is 76.2 Å². The Labute approximate surface area is 148 Å². The first-order valence-corrected chi connectivity index (χ1v) is 10.2. The molecule has 0 bridgehead atoms. The van der Waals surface area contributed by atoms with Gasteiger partial charge < -0.3 is 14.4 Å². The van der Waals surface area contributed by atoms with E-state index in [0.717, 1.165) is 0 Å². The molecule has 1 aromatic carbocycles. The van der Waals surface area contributed by atoms with Crippen LogP contribution in [0.1, 0.15) is 0 Å². The van der Waals surface area contributed by atoms with Crippen LogP contribution in [-0.4, -0.2) is 87.7 Å². The molecule has 0 aliphatic carbocycles. The molecular formula is C17H24N2O5S. The molecule has 1 aromatic rings. The molecule has 3 rings (SSSR count). The maximum atomic E-state index is 12.6. The van der Waals surface area contributed by atoms with Crippen LogP contribution in [0.2, 0.25) is 0 Å². The summed E-state index contributed by atoms with van der Waals surface area (Å²) < 4.78 is 34.9. The average molecular weight is 368 g/mol. The van der Waals surface area contributed by atoms with Gasteiger partial charge in [-0.2, -0.15) is 0 Å². The summed E-state index contributed by atoms with van der Waals surface area (Å²) in [5, 5.41) is 0. The first kappa shape index (κ1) is 18.2. The molecule has 7 nitrogen and oxygen atoms in total. The van der Waals surface area contributed by atoms with Crippen molar-refractivity contribution in [2.45, 2.75) is 12.1 Å². The predicted octanol–water partition coefficient (Wildman–Crippen LogP) is 0.0216. The minimum atomic E-state index is -3.14. The van der Waals surface area contributed by atoms with Gasteiger partial charge >= 0.3 is 0 Å².